The number of carbonyl (C=O) groups is 2. The lowest BCUT2D eigenvalue weighted by Gasteiger charge is -2.07. The maximum absolute atomic E-state index is 12.1. The molecule has 0 amide bonds. The van der Waals surface area contributed by atoms with Gasteiger partial charge in [0.15, 0.2) is 12.4 Å². The highest BCUT2D eigenvalue weighted by molar-refractivity contribution is 7.90. The second-order valence-corrected chi connectivity index (χ2v) is 8.59. The highest BCUT2D eigenvalue weighted by atomic mass is 32.2. The molecule has 0 aromatic heterocycles. The number of aliphatic imine (C=N–C) groups is 1. The van der Waals surface area contributed by atoms with Crippen LogP contribution in [0, 0.1) is 0 Å². The molecule has 152 valence electrons. The van der Waals surface area contributed by atoms with E-state index in [9.17, 15) is 18.0 Å². The van der Waals surface area contributed by atoms with Gasteiger partial charge < -0.3 is 4.74 Å². The molecule has 2 aromatic rings. The Morgan fingerprint density at radius 2 is 1.76 bits per heavy atom. The number of nitrogens with zero attached hydrogens (tertiary/aromatic N) is 1. The third-order valence-electron chi connectivity index (χ3n) is 4.51. The molecule has 0 atom stereocenters. The number of fused-ring (bicyclic) bond motifs is 1. The zero-order valence-electron chi connectivity index (χ0n) is 16.2. The first-order valence-electron chi connectivity index (χ1n) is 9.23. The maximum atomic E-state index is 12.1. The van der Waals surface area contributed by atoms with Crippen molar-refractivity contribution >= 4 is 27.6 Å². The van der Waals surface area contributed by atoms with E-state index in [4.69, 9.17) is 4.74 Å². The predicted octanol–water partition coefficient (Wildman–Crippen LogP) is 2.66. The molecule has 8 heteroatoms. The normalized spacial score (nSPS) is 15.8. The molecule has 0 fully saturated rings. The lowest BCUT2D eigenvalue weighted by atomic mass is 10.0. The molecular weight excluding hydrogens is 392 g/mol. The van der Waals surface area contributed by atoms with E-state index in [0.29, 0.717) is 17.0 Å². The fourth-order valence-electron chi connectivity index (χ4n) is 2.87. The fraction of sp³-hybridized carbons (Fsp3) is 0.286. The van der Waals surface area contributed by atoms with E-state index in [0.717, 1.165) is 5.56 Å². The summed E-state index contributed by atoms with van der Waals surface area (Å²) in [5, 5.41) is 0. The molecule has 2 aromatic carbocycles. The number of rotatable bonds is 7. The third-order valence-corrected chi connectivity index (χ3v) is 5.91. The second-order valence-electron chi connectivity index (χ2n) is 6.94. The number of ether oxygens (including phenoxy) is 1. The summed E-state index contributed by atoms with van der Waals surface area (Å²) in [7, 11) is -3.61. The van der Waals surface area contributed by atoms with Crippen molar-refractivity contribution in [2.24, 2.45) is 4.99 Å². The van der Waals surface area contributed by atoms with Gasteiger partial charge in [-0.3, -0.25) is 19.3 Å². The van der Waals surface area contributed by atoms with Gasteiger partial charge in [0.05, 0.1) is 17.9 Å². The van der Waals surface area contributed by atoms with E-state index < -0.39 is 16.0 Å². The number of Topliss-reactive ketones (excluding diaryl/α,β-unsaturated/α-hetero) is 1. The number of esters is 1. The zero-order chi connectivity index (χ0) is 21.0. The van der Waals surface area contributed by atoms with Crippen molar-refractivity contribution < 1.29 is 22.7 Å². The van der Waals surface area contributed by atoms with Crippen molar-refractivity contribution in [3.05, 3.63) is 65.2 Å². The van der Waals surface area contributed by atoms with Crippen molar-refractivity contribution in [2.45, 2.75) is 31.1 Å². The molecule has 0 saturated heterocycles. The summed E-state index contributed by atoms with van der Waals surface area (Å²) in [5.74, 6) is -0.280. The van der Waals surface area contributed by atoms with Gasteiger partial charge in [0.1, 0.15) is 5.84 Å². The summed E-state index contributed by atoms with van der Waals surface area (Å²) < 4.78 is 31.4. The largest absolute Gasteiger partial charge is 0.457 e. The van der Waals surface area contributed by atoms with Crippen LogP contribution < -0.4 is 4.72 Å². The first-order valence-corrected chi connectivity index (χ1v) is 10.7. The maximum Gasteiger partial charge on any atom is 0.308 e. The number of ketones is 1. The molecule has 0 bridgehead atoms. The van der Waals surface area contributed by atoms with Crippen LogP contribution in [0.25, 0.3) is 0 Å². The number of nitrogens with one attached hydrogen (secondary N) is 1. The summed E-state index contributed by atoms with van der Waals surface area (Å²) >= 11 is 0. The minimum absolute atomic E-state index is 0.0439. The lowest BCUT2D eigenvalue weighted by Crippen LogP contribution is -2.22. The van der Waals surface area contributed by atoms with Gasteiger partial charge in [-0.1, -0.05) is 50.2 Å². The Morgan fingerprint density at radius 3 is 2.45 bits per heavy atom. The predicted molar refractivity (Wildman–Crippen MR) is 109 cm³/mol. The summed E-state index contributed by atoms with van der Waals surface area (Å²) in [6.07, 6.45) is -0.0625. The second kappa shape index (κ2) is 8.57. The molecular formula is C21H22N2O5S. The fourth-order valence-corrected chi connectivity index (χ4v) is 4.12. The Morgan fingerprint density at radius 1 is 1.07 bits per heavy atom. The van der Waals surface area contributed by atoms with Crippen LogP contribution in [-0.4, -0.2) is 39.2 Å². The molecule has 1 aliphatic rings. The number of benzene rings is 2. The van der Waals surface area contributed by atoms with E-state index in [1.807, 2.05) is 12.1 Å². The minimum Gasteiger partial charge on any atom is -0.457 e. The van der Waals surface area contributed by atoms with Gasteiger partial charge in [-0.05, 0) is 23.6 Å². The molecule has 1 heterocycles. The number of sulfonamides is 1. The first kappa shape index (κ1) is 20.7. The van der Waals surface area contributed by atoms with Crippen molar-refractivity contribution in [3.8, 4) is 0 Å². The molecule has 29 heavy (non-hydrogen) atoms. The van der Waals surface area contributed by atoms with Crippen LogP contribution in [0.3, 0.4) is 0 Å². The van der Waals surface area contributed by atoms with Crippen LogP contribution in [0.5, 0.6) is 0 Å². The minimum atomic E-state index is -3.61. The summed E-state index contributed by atoms with van der Waals surface area (Å²) in [6, 6.07) is 13.7. The van der Waals surface area contributed by atoms with Gasteiger partial charge >= 0.3 is 5.97 Å². The highest BCUT2D eigenvalue weighted by Crippen LogP contribution is 2.22. The Balaban J connectivity index is 1.51. The van der Waals surface area contributed by atoms with Crippen molar-refractivity contribution in [2.75, 3.05) is 13.2 Å². The molecule has 0 unspecified atom stereocenters. The Labute approximate surface area is 169 Å². The SMILES string of the molecule is CC(C)c1ccc(C(=O)COC(=O)CCN=C2NS(=O)(=O)c3ccccc32)cc1. The van der Waals surface area contributed by atoms with Crippen LogP contribution in [0.2, 0.25) is 0 Å². The number of carbonyl (C=O) groups excluding carboxylic acids is 2. The molecule has 0 aliphatic carbocycles. The summed E-state index contributed by atoms with van der Waals surface area (Å²) in [4.78, 5) is 28.3. The average molecular weight is 414 g/mol. The number of amidine groups is 1. The van der Waals surface area contributed by atoms with E-state index in [-0.39, 0.29) is 36.1 Å². The van der Waals surface area contributed by atoms with E-state index in [2.05, 4.69) is 23.6 Å². The monoisotopic (exact) mass is 414 g/mol. The topological polar surface area (TPSA) is 102 Å². The average Bonchev–Trinajstić information content (AvgIpc) is 2.97. The van der Waals surface area contributed by atoms with Crippen molar-refractivity contribution in [3.63, 3.8) is 0 Å². The zero-order valence-corrected chi connectivity index (χ0v) is 17.0. The van der Waals surface area contributed by atoms with Gasteiger partial charge in [-0.2, -0.15) is 0 Å². The van der Waals surface area contributed by atoms with Crippen molar-refractivity contribution in [1.82, 2.24) is 4.72 Å². The van der Waals surface area contributed by atoms with Gasteiger partial charge in [-0.15, -0.1) is 0 Å². The molecule has 0 radical (unpaired) electrons. The molecule has 1 N–H and O–H groups in total. The standard InChI is InChI=1S/C21H22N2O5S/c1-14(2)15-7-9-16(10-8-15)18(24)13-28-20(25)11-12-22-21-17-5-3-4-6-19(17)29(26,27)23-21/h3-10,14H,11-13H2,1-2H3,(H,22,23). The Kier molecular flexibility index (Phi) is 6.12. The van der Waals surface area contributed by atoms with E-state index in [1.54, 1.807) is 30.3 Å². The molecule has 0 spiro atoms. The summed E-state index contributed by atoms with van der Waals surface area (Å²) in [6.45, 7) is 3.84. The lowest BCUT2D eigenvalue weighted by molar-refractivity contribution is -0.142. The molecule has 0 saturated carbocycles. The smallest absolute Gasteiger partial charge is 0.308 e. The van der Waals surface area contributed by atoms with Gasteiger partial charge in [0.2, 0.25) is 0 Å². The van der Waals surface area contributed by atoms with Crippen LogP contribution in [0.4, 0.5) is 0 Å². The first-order chi connectivity index (χ1) is 13.8. The number of hydrogen-bond acceptors (Lipinski definition) is 6. The van der Waals surface area contributed by atoms with Gasteiger partial charge in [0.25, 0.3) is 10.0 Å². The number of hydrogen-bond donors (Lipinski definition) is 1. The van der Waals surface area contributed by atoms with Crippen LogP contribution in [-0.2, 0) is 19.6 Å². The molecule has 3 rings (SSSR count). The van der Waals surface area contributed by atoms with Crippen molar-refractivity contribution in [1.29, 1.82) is 0 Å². The van der Waals surface area contributed by atoms with Gasteiger partial charge in [0, 0.05) is 11.1 Å². The van der Waals surface area contributed by atoms with E-state index >= 15 is 0 Å². The quantitative estimate of drug-likeness (QED) is 0.554. The third kappa shape index (κ3) is 4.89. The van der Waals surface area contributed by atoms with Gasteiger partial charge in [-0.25, -0.2) is 8.42 Å². The van der Waals surface area contributed by atoms with Crippen LogP contribution in [0.1, 0.15) is 47.7 Å². The Hall–Kier alpha value is -3.00. The highest BCUT2D eigenvalue weighted by Gasteiger charge is 2.29. The van der Waals surface area contributed by atoms with E-state index in [1.165, 1.54) is 6.07 Å². The summed E-state index contributed by atoms with van der Waals surface area (Å²) in [5.41, 5.74) is 2.09. The van der Waals surface area contributed by atoms with Crippen LogP contribution >= 0.6 is 0 Å². The van der Waals surface area contributed by atoms with Crippen LogP contribution in [0.15, 0.2) is 58.4 Å². The molecule has 7 nitrogen and oxygen atoms in total. The Bertz CT molecular complexity index is 1060. The molecule has 1 aliphatic heterocycles.